The Balaban J connectivity index is 1.65. The molecular formula is C26H47N2O5. The summed E-state index contributed by atoms with van der Waals surface area (Å²) in [4.78, 5) is 12.5. The molecule has 0 aliphatic heterocycles. The first-order chi connectivity index (χ1) is 15.8. The van der Waals surface area contributed by atoms with Crippen LogP contribution in [0.25, 0.3) is 0 Å². The van der Waals surface area contributed by atoms with E-state index in [-0.39, 0.29) is 12.0 Å². The highest BCUT2D eigenvalue weighted by molar-refractivity contribution is 5.75. The zero-order valence-electron chi connectivity index (χ0n) is 20.7. The molecule has 0 aromatic rings. The van der Waals surface area contributed by atoms with E-state index in [0.29, 0.717) is 18.3 Å². The van der Waals surface area contributed by atoms with Crippen molar-refractivity contribution in [3.8, 4) is 0 Å². The van der Waals surface area contributed by atoms with Gasteiger partial charge in [0.1, 0.15) is 0 Å². The maximum atomic E-state index is 12.5. The molecule has 33 heavy (non-hydrogen) atoms. The third-order valence-electron chi connectivity index (χ3n) is 7.84. The van der Waals surface area contributed by atoms with Gasteiger partial charge >= 0.3 is 5.97 Å². The summed E-state index contributed by atoms with van der Waals surface area (Å²) >= 11 is 0. The molecule has 0 bridgehead atoms. The van der Waals surface area contributed by atoms with Crippen molar-refractivity contribution in [2.75, 3.05) is 0 Å². The lowest BCUT2D eigenvalue weighted by Gasteiger charge is -2.34. The molecule has 1 radical (unpaired) electrons. The molecule has 3 saturated carbocycles. The number of hydrogen-bond acceptors (Lipinski definition) is 6. The fourth-order valence-corrected chi connectivity index (χ4v) is 5.67. The van der Waals surface area contributed by atoms with Crippen molar-refractivity contribution in [2.24, 2.45) is 17.8 Å². The van der Waals surface area contributed by atoms with E-state index in [2.05, 4.69) is 10.9 Å². The lowest BCUT2D eigenvalue weighted by Crippen LogP contribution is -2.55. The van der Waals surface area contributed by atoms with E-state index in [1.807, 2.05) is 0 Å². The first-order valence-corrected chi connectivity index (χ1v) is 13.5. The van der Waals surface area contributed by atoms with Crippen LogP contribution in [0.4, 0.5) is 0 Å². The van der Waals surface area contributed by atoms with Crippen LogP contribution in [-0.4, -0.2) is 57.8 Å². The van der Waals surface area contributed by atoms with Gasteiger partial charge < -0.3 is 20.1 Å². The summed E-state index contributed by atoms with van der Waals surface area (Å²) < 4.78 is 5.28. The van der Waals surface area contributed by atoms with Crippen LogP contribution in [0, 0.1) is 17.8 Å². The molecule has 191 valence electrons. The number of nitrogens with one attached hydrogen (secondary N) is 1. The second-order valence-corrected chi connectivity index (χ2v) is 11.2. The van der Waals surface area contributed by atoms with Gasteiger partial charge in [-0.2, -0.15) is 5.43 Å². The molecule has 4 N–H and O–H groups in total. The molecule has 0 spiro atoms. The summed E-state index contributed by atoms with van der Waals surface area (Å²) in [5.41, 5.74) is 7.78. The second-order valence-electron chi connectivity index (χ2n) is 11.2. The summed E-state index contributed by atoms with van der Waals surface area (Å²) in [7, 11) is 0. The third-order valence-corrected chi connectivity index (χ3v) is 7.84. The maximum absolute atomic E-state index is 12.5. The van der Waals surface area contributed by atoms with Gasteiger partial charge in [-0.25, -0.2) is 10.2 Å². The van der Waals surface area contributed by atoms with Crippen LogP contribution in [0.3, 0.4) is 0 Å². The Labute approximate surface area is 200 Å². The number of aliphatic hydroxyl groups excluding tert-OH is 3. The number of carbonyl (C=O) groups excluding carboxylic acids is 1. The number of carbonyl (C=O) groups is 1. The van der Waals surface area contributed by atoms with Crippen molar-refractivity contribution in [2.45, 2.75) is 140 Å². The third kappa shape index (κ3) is 8.77. The highest BCUT2D eigenvalue weighted by Crippen LogP contribution is 2.36. The Kier molecular flexibility index (Phi) is 10.9. The Hall–Kier alpha value is -0.730. The SMILES string of the molecule is CC(C)OC(=O)[C@H](O)[C@H](CC1CCCCC1)N[N][C@@H](CC1CCCCC1)[C@@H](O)[C@@H](O)C1CC1. The van der Waals surface area contributed by atoms with Crippen molar-refractivity contribution in [1.29, 1.82) is 0 Å². The smallest absolute Gasteiger partial charge is 0.336 e. The average molecular weight is 468 g/mol. The molecule has 0 aromatic heterocycles. The van der Waals surface area contributed by atoms with Crippen LogP contribution in [-0.2, 0) is 9.53 Å². The first kappa shape index (κ1) is 26.9. The molecule has 0 heterocycles. The molecule has 7 heteroatoms. The molecule has 3 fully saturated rings. The van der Waals surface area contributed by atoms with Crippen molar-refractivity contribution in [3.63, 3.8) is 0 Å². The van der Waals surface area contributed by atoms with Crippen molar-refractivity contribution >= 4 is 5.97 Å². The molecule has 3 aliphatic rings. The topological polar surface area (TPSA) is 113 Å². The molecule has 7 nitrogen and oxygen atoms in total. The molecule has 5 atom stereocenters. The predicted molar refractivity (Wildman–Crippen MR) is 127 cm³/mol. The summed E-state index contributed by atoms with van der Waals surface area (Å²) in [6.07, 6.45) is 11.7. The lowest BCUT2D eigenvalue weighted by atomic mass is 9.82. The van der Waals surface area contributed by atoms with Gasteiger partial charge in [0.2, 0.25) is 0 Å². The van der Waals surface area contributed by atoms with Gasteiger partial charge in [0.05, 0.1) is 30.4 Å². The quantitative estimate of drug-likeness (QED) is 0.244. The van der Waals surface area contributed by atoms with E-state index in [0.717, 1.165) is 44.9 Å². The predicted octanol–water partition coefficient (Wildman–Crippen LogP) is 3.22. The highest BCUT2D eigenvalue weighted by atomic mass is 16.6. The number of hydrogen-bond donors (Lipinski definition) is 4. The van der Waals surface area contributed by atoms with Gasteiger partial charge in [-0.15, -0.1) is 0 Å². The molecule has 3 rings (SSSR count). The zero-order chi connectivity index (χ0) is 23.8. The number of rotatable bonds is 13. The Morgan fingerprint density at radius 1 is 0.879 bits per heavy atom. The van der Waals surface area contributed by atoms with Crippen LogP contribution in [0.5, 0.6) is 0 Å². The zero-order valence-corrected chi connectivity index (χ0v) is 20.7. The van der Waals surface area contributed by atoms with Gasteiger partial charge in [-0.05, 0) is 57.3 Å². The van der Waals surface area contributed by atoms with Crippen LogP contribution >= 0.6 is 0 Å². The number of ether oxygens (including phenoxy) is 1. The van der Waals surface area contributed by atoms with Crippen LogP contribution < -0.4 is 10.9 Å². The molecule has 0 amide bonds. The molecule has 0 aromatic carbocycles. The van der Waals surface area contributed by atoms with E-state index in [1.165, 1.54) is 38.5 Å². The standard InChI is InChI=1S/C26H47N2O5/c1-17(2)33-26(32)25(31)22(16-19-11-7-4-8-12-19)28-27-21(15-18-9-5-3-6-10-18)24(30)23(29)20-13-14-20/h17-25,28-31H,3-16H2,1-2H3/t21-,22-,23-,24+,25+/m0/s1. The summed E-state index contributed by atoms with van der Waals surface area (Å²) in [5, 5.41) is 32.4. The van der Waals surface area contributed by atoms with Crippen LogP contribution in [0.2, 0.25) is 0 Å². The minimum absolute atomic E-state index is 0.161. The largest absolute Gasteiger partial charge is 0.461 e. The van der Waals surface area contributed by atoms with E-state index in [9.17, 15) is 20.1 Å². The van der Waals surface area contributed by atoms with Gasteiger partial charge in [0, 0.05) is 0 Å². The van der Waals surface area contributed by atoms with Gasteiger partial charge in [-0.3, -0.25) is 0 Å². The Morgan fingerprint density at radius 2 is 1.42 bits per heavy atom. The van der Waals surface area contributed by atoms with Crippen molar-refractivity contribution in [3.05, 3.63) is 0 Å². The van der Waals surface area contributed by atoms with E-state index in [1.54, 1.807) is 13.8 Å². The maximum Gasteiger partial charge on any atom is 0.336 e. The van der Waals surface area contributed by atoms with Gasteiger partial charge in [0.25, 0.3) is 0 Å². The molecule has 3 aliphatic carbocycles. The first-order valence-electron chi connectivity index (χ1n) is 13.5. The minimum Gasteiger partial charge on any atom is -0.461 e. The van der Waals surface area contributed by atoms with E-state index < -0.39 is 36.4 Å². The lowest BCUT2D eigenvalue weighted by molar-refractivity contribution is -0.159. The minimum atomic E-state index is -1.31. The van der Waals surface area contributed by atoms with E-state index >= 15 is 0 Å². The number of nitrogens with zero attached hydrogens (tertiary/aromatic N) is 1. The fraction of sp³-hybridized carbons (Fsp3) is 0.962. The van der Waals surface area contributed by atoms with Crippen molar-refractivity contribution < 1.29 is 24.9 Å². The highest BCUT2D eigenvalue weighted by Gasteiger charge is 2.40. The van der Waals surface area contributed by atoms with Crippen LogP contribution in [0.15, 0.2) is 0 Å². The number of aliphatic hydroxyl groups is 3. The average Bonchev–Trinajstić information content (AvgIpc) is 3.66. The van der Waals surface area contributed by atoms with Crippen molar-refractivity contribution in [1.82, 2.24) is 10.9 Å². The molecular weight excluding hydrogens is 420 g/mol. The Morgan fingerprint density at radius 3 is 1.94 bits per heavy atom. The fourth-order valence-electron chi connectivity index (χ4n) is 5.67. The Bertz CT molecular complexity index is 573. The second kappa shape index (κ2) is 13.4. The normalized spacial score (nSPS) is 25.4. The molecule has 0 saturated heterocycles. The monoisotopic (exact) mass is 467 g/mol. The van der Waals surface area contributed by atoms with Gasteiger partial charge in [-0.1, -0.05) is 64.2 Å². The summed E-state index contributed by atoms with van der Waals surface area (Å²) in [6.45, 7) is 3.54. The molecule has 0 unspecified atom stereocenters. The van der Waals surface area contributed by atoms with Crippen LogP contribution in [0.1, 0.15) is 104 Å². The van der Waals surface area contributed by atoms with Gasteiger partial charge in [0.15, 0.2) is 6.10 Å². The van der Waals surface area contributed by atoms with E-state index in [4.69, 9.17) is 4.74 Å². The summed E-state index contributed by atoms with van der Waals surface area (Å²) in [6, 6.07) is -1.01. The summed E-state index contributed by atoms with van der Waals surface area (Å²) in [5.74, 6) is 0.458. The number of esters is 1.